The summed E-state index contributed by atoms with van der Waals surface area (Å²) in [5, 5.41) is 22.0. The number of aliphatic carboxylic acids is 1. The lowest BCUT2D eigenvalue weighted by Gasteiger charge is -2.35. The number of likely N-dealkylation sites (N-methyl/N-ethyl adjacent to an activating group) is 1. The fourth-order valence-corrected chi connectivity index (χ4v) is 2.35. The highest BCUT2D eigenvalue weighted by molar-refractivity contribution is 5.82. The summed E-state index contributed by atoms with van der Waals surface area (Å²) < 4.78 is 5.19. The van der Waals surface area contributed by atoms with Crippen molar-refractivity contribution < 1.29 is 24.5 Å². The van der Waals surface area contributed by atoms with Gasteiger partial charge in [0.2, 0.25) is 0 Å². The third-order valence-electron chi connectivity index (χ3n) is 3.74. The van der Waals surface area contributed by atoms with E-state index in [0.717, 1.165) is 12.8 Å². The normalized spacial score (nSPS) is 18.8. The van der Waals surface area contributed by atoms with Gasteiger partial charge in [-0.1, -0.05) is 19.8 Å². The molecule has 3 N–H and O–H groups in total. The molecule has 0 saturated carbocycles. The van der Waals surface area contributed by atoms with Crippen LogP contribution in [-0.2, 0) is 9.53 Å². The van der Waals surface area contributed by atoms with E-state index in [9.17, 15) is 14.7 Å². The van der Waals surface area contributed by atoms with E-state index in [4.69, 9.17) is 9.84 Å². The van der Waals surface area contributed by atoms with Gasteiger partial charge in [-0.25, -0.2) is 9.59 Å². The average Bonchev–Trinajstić information content (AvgIpc) is 2.43. The smallest absolute Gasteiger partial charge is 0.326 e. The van der Waals surface area contributed by atoms with Crippen molar-refractivity contribution in [1.29, 1.82) is 0 Å². The minimum atomic E-state index is -1.03. The fourth-order valence-electron chi connectivity index (χ4n) is 2.35. The van der Waals surface area contributed by atoms with E-state index in [1.807, 2.05) is 6.92 Å². The monoisotopic (exact) mass is 302 g/mol. The molecule has 0 aromatic rings. The van der Waals surface area contributed by atoms with Gasteiger partial charge in [0, 0.05) is 33.1 Å². The summed E-state index contributed by atoms with van der Waals surface area (Å²) in [6.07, 6.45) is 2.96. The van der Waals surface area contributed by atoms with Gasteiger partial charge in [0.1, 0.15) is 6.04 Å². The molecular weight excluding hydrogens is 276 g/mol. The van der Waals surface area contributed by atoms with E-state index in [1.165, 1.54) is 4.90 Å². The van der Waals surface area contributed by atoms with Gasteiger partial charge in [0.15, 0.2) is 0 Å². The summed E-state index contributed by atoms with van der Waals surface area (Å²) in [6, 6.07) is -1.36. The predicted octanol–water partition coefficient (Wildman–Crippen LogP) is 0.813. The molecule has 1 aliphatic rings. The number of hydrogen-bond acceptors (Lipinski definition) is 4. The lowest BCUT2D eigenvalue weighted by Crippen LogP contribution is -2.52. The molecule has 1 atom stereocenters. The first-order valence-corrected chi connectivity index (χ1v) is 7.42. The lowest BCUT2D eigenvalue weighted by atomic mass is 9.94. The zero-order chi connectivity index (χ0) is 15.9. The molecule has 21 heavy (non-hydrogen) atoms. The molecule has 0 bridgehead atoms. The van der Waals surface area contributed by atoms with Crippen LogP contribution in [0.5, 0.6) is 0 Å². The second-order valence-electron chi connectivity index (χ2n) is 5.68. The van der Waals surface area contributed by atoms with Gasteiger partial charge in [-0.2, -0.15) is 0 Å². The van der Waals surface area contributed by atoms with Crippen LogP contribution in [0.25, 0.3) is 0 Å². The van der Waals surface area contributed by atoms with Gasteiger partial charge in [0.05, 0.1) is 12.1 Å². The summed E-state index contributed by atoms with van der Waals surface area (Å²) in [5.41, 5.74) is -0.952. The van der Waals surface area contributed by atoms with Gasteiger partial charge in [-0.05, 0) is 6.42 Å². The Morgan fingerprint density at radius 1 is 1.38 bits per heavy atom. The molecule has 0 aliphatic carbocycles. The number of rotatable bonds is 7. The number of carbonyl (C=O) groups excluding carboxylic acids is 1. The number of ether oxygens (including phenoxy) is 1. The van der Waals surface area contributed by atoms with Crippen LogP contribution < -0.4 is 5.32 Å². The maximum atomic E-state index is 12.0. The van der Waals surface area contributed by atoms with E-state index >= 15 is 0 Å². The van der Waals surface area contributed by atoms with E-state index in [2.05, 4.69) is 5.32 Å². The number of nitrogens with one attached hydrogen (secondary N) is 1. The van der Waals surface area contributed by atoms with Crippen molar-refractivity contribution in [3.8, 4) is 0 Å². The fraction of sp³-hybridized carbons (Fsp3) is 0.857. The number of carbonyl (C=O) groups is 2. The predicted molar refractivity (Wildman–Crippen MR) is 77.1 cm³/mol. The Kier molecular flexibility index (Phi) is 6.91. The van der Waals surface area contributed by atoms with Crippen molar-refractivity contribution in [2.45, 2.75) is 50.7 Å². The van der Waals surface area contributed by atoms with Crippen molar-refractivity contribution in [1.82, 2.24) is 10.2 Å². The summed E-state index contributed by atoms with van der Waals surface area (Å²) in [4.78, 5) is 24.5. The van der Waals surface area contributed by atoms with Crippen molar-refractivity contribution in [2.24, 2.45) is 0 Å². The third-order valence-corrected chi connectivity index (χ3v) is 3.74. The molecule has 0 aromatic carbocycles. The molecule has 2 amide bonds. The number of carboxylic acid groups (broad SMARTS) is 1. The number of hydrogen-bond donors (Lipinski definition) is 3. The molecule has 0 spiro atoms. The molecule has 1 unspecified atom stereocenters. The quantitative estimate of drug-likeness (QED) is 0.646. The Hall–Kier alpha value is -1.34. The van der Waals surface area contributed by atoms with Crippen LogP contribution in [0.2, 0.25) is 0 Å². The SMILES string of the molecule is CCCCC(NC(=O)N(C)CC1(O)CCOCC1)C(=O)O. The highest BCUT2D eigenvalue weighted by Gasteiger charge is 2.33. The Bertz CT molecular complexity index is 355. The van der Waals surface area contributed by atoms with Gasteiger partial charge in [-0.3, -0.25) is 0 Å². The molecule has 7 nitrogen and oxygen atoms in total. The first-order chi connectivity index (χ1) is 9.88. The summed E-state index contributed by atoms with van der Waals surface area (Å²) >= 11 is 0. The zero-order valence-corrected chi connectivity index (χ0v) is 12.8. The Balaban J connectivity index is 2.50. The third kappa shape index (κ3) is 5.89. The second kappa shape index (κ2) is 8.19. The second-order valence-corrected chi connectivity index (χ2v) is 5.68. The van der Waals surface area contributed by atoms with Crippen LogP contribution in [0, 0.1) is 0 Å². The summed E-state index contributed by atoms with van der Waals surface area (Å²) in [6.45, 7) is 3.08. The van der Waals surface area contributed by atoms with Gasteiger partial charge in [-0.15, -0.1) is 0 Å². The van der Waals surface area contributed by atoms with Crippen LogP contribution in [0.15, 0.2) is 0 Å². The average molecular weight is 302 g/mol. The lowest BCUT2D eigenvalue weighted by molar-refractivity contribution is -0.139. The molecule has 1 rings (SSSR count). The minimum absolute atomic E-state index is 0.169. The van der Waals surface area contributed by atoms with E-state index in [0.29, 0.717) is 32.5 Å². The van der Waals surface area contributed by atoms with E-state index < -0.39 is 23.6 Å². The Labute approximate surface area is 125 Å². The number of urea groups is 1. The van der Waals surface area contributed by atoms with Crippen LogP contribution in [0.4, 0.5) is 4.79 Å². The molecular formula is C14H26N2O5. The van der Waals surface area contributed by atoms with Crippen LogP contribution >= 0.6 is 0 Å². The van der Waals surface area contributed by atoms with Crippen molar-refractivity contribution in [3.05, 3.63) is 0 Å². The molecule has 1 aliphatic heterocycles. The number of unbranched alkanes of at least 4 members (excludes halogenated alkanes) is 1. The molecule has 0 aromatic heterocycles. The highest BCUT2D eigenvalue weighted by atomic mass is 16.5. The number of amides is 2. The Morgan fingerprint density at radius 2 is 2.00 bits per heavy atom. The topological polar surface area (TPSA) is 99.1 Å². The van der Waals surface area contributed by atoms with Crippen molar-refractivity contribution in [2.75, 3.05) is 26.8 Å². The van der Waals surface area contributed by atoms with Crippen molar-refractivity contribution >= 4 is 12.0 Å². The zero-order valence-electron chi connectivity index (χ0n) is 12.8. The molecule has 1 saturated heterocycles. The standard InChI is InChI=1S/C14H26N2O5/c1-3-4-5-11(12(17)18)15-13(19)16(2)10-14(20)6-8-21-9-7-14/h11,20H,3-10H2,1-2H3,(H,15,19)(H,17,18). The van der Waals surface area contributed by atoms with E-state index in [-0.39, 0.29) is 6.54 Å². The van der Waals surface area contributed by atoms with Crippen LogP contribution in [0.3, 0.4) is 0 Å². The Morgan fingerprint density at radius 3 is 2.52 bits per heavy atom. The highest BCUT2D eigenvalue weighted by Crippen LogP contribution is 2.21. The summed E-state index contributed by atoms with van der Waals surface area (Å²) in [7, 11) is 1.56. The number of aliphatic hydroxyl groups is 1. The molecule has 7 heteroatoms. The minimum Gasteiger partial charge on any atom is -0.480 e. The first kappa shape index (κ1) is 17.7. The van der Waals surface area contributed by atoms with Gasteiger partial charge in [0.25, 0.3) is 0 Å². The van der Waals surface area contributed by atoms with E-state index in [1.54, 1.807) is 7.05 Å². The summed E-state index contributed by atoms with van der Waals surface area (Å²) in [5.74, 6) is -1.03. The largest absolute Gasteiger partial charge is 0.480 e. The van der Waals surface area contributed by atoms with Gasteiger partial charge < -0.3 is 25.2 Å². The molecule has 1 fully saturated rings. The van der Waals surface area contributed by atoms with Gasteiger partial charge >= 0.3 is 12.0 Å². The van der Waals surface area contributed by atoms with Crippen molar-refractivity contribution in [3.63, 3.8) is 0 Å². The maximum absolute atomic E-state index is 12.0. The molecule has 1 heterocycles. The van der Waals surface area contributed by atoms with Crippen LogP contribution in [-0.4, -0.2) is 65.6 Å². The maximum Gasteiger partial charge on any atom is 0.326 e. The van der Waals surface area contributed by atoms with Crippen LogP contribution in [0.1, 0.15) is 39.0 Å². The molecule has 122 valence electrons. The number of carboxylic acids is 1. The first-order valence-electron chi connectivity index (χ1n) is 7.42. The number of nitrogens with zero attached hydrogens (tertiary/aromatic N) is 1. The molecule has 0 radical (unpaired) electrons.